The standard InChI is InChI=1S/C6H10N2OS/c1-5(9)8-4-3-7(2)6(8)10/h3-4H2,1-2H3. The van der Waals surface area contributed by atoms with Gasteiger partial charge in [-0.1, -0.05) is 0 Å². The lowest BCUT2D eigenvalue weighted by atomic mass is 10.5. The first-order valence-electron chi connectivity index (χ1n) is 3.16. The van der Waals surface area contributed by atoms with E-state index in [0.717, 1.165) is 13.1 Å². The van der Waals surface area contributed by atoms with Crippen LogP contribution in [0.5, 0.6) is 0 Å². The zero-order chi connectivity index (χ0) is 7.72. The van der Waals surface area contributed by atoms with Crippen LogP contribution in [0.3, 0.4) is 0 Å². The summed E-state index contributed by atoms with van der Waals surface area (Å²) in [6.45, 7) is 3.13. The smallest absolute Gasteiger partial charge is 0.225 e. The normalized spacial score (nSPS) is 18.4. The third-order valence-electron chi connectivity index (χ3n) is 1.60. The fourth-order valence-corrected chi connectivity index (χ4v) is 1.25. The number of hydrogen-bond donors (Lipinski definition) is 0. The second kappa shape index (κ2) is 2.54. The van der Waals surface area contributed by atoms with Gasteiger partial charge in [0.05, 0.1) is 0 Å². The Bertz CT molecular complexity index is 181. The van der Waals surface area contributed by atoms with Crippen molar-refractivity contribution in [1.82, 2.24) is 9.80 Å². The van der Waals surface area contributed by atoms with E-state index in [1.807, 2.05) is 11.9 Å². The molecule has 0 aliphatic carbocycles. The van der Waals surface area contributed by atoms with Crippen LogP contribution in [0.25, 0.3) is 0 Å². The molecule has 1 heterocycles. The van der Waals surface area contributed by atoms with Crippen molar-refractivity contribution >= 4 is 23.2 Å². The van der Waals surface area contributed by atoms with E-state index in [1.165, 1.54) is 6.92 Å². The molecule has 10 heavy (non-hydrogen) atoms. The summed E-state index contributed by atoms with van der Waals surface area (Å²) in [6.07, 6.45) is 0. The van der Waals surface area contributed by atoms with Gasteiger partial charge >= 0.3 is 0 Å². The molecule has 1 rings (SSSR count). The molecule has 0 unspecified atom stereocenters. The highest BCUT2D eigenvalue weighted by Gasteiger charge is 2.23. The van der Waals surface area contributed by atoms with Crippen molar-refractivity contribution in [2.75, 3.05) is 20.1 Å². The van der Waals surface area contributed by atoms with E-state index < -0.39 is 0 Å². The van der Waals surface area contributed by atoms with Gasteiger partial charge in [-0.25, -0.2) is 0 Å². The van der Waals surface area contributed by atoms with Crippen molar-refractivity contribution in [3.05, 3.63) is 0 Å². The highest BCUT2D eigenvalue weighted by molar-refractivity contribution is 7.80. The molecule has 0 spiro atoms. The maximum Gasteiger partial charge on any atom is 0.225 e. The average Bonchev–Trinajstić information content (AvgIpc) is 2.14. The zero-order valence-corrected chi connectivity index (χ0v) is 6.94. The molecule has 1 fully saturated rings. The lowest BCUT2D eigenvalue weighted by molar-refractivity contribution is -0.124. The Kier molecular flexibility index (Phi) is 1.89. The van der Waals surface area contributed by atoms with Crippen LogP contribution in [0, 0.1) is 0 Å². The predicted molar refractivity (Wildman–Crippen MR) is 42.6 cm³/mol. The third kappa shape index (κ3) is 1.11. The molecule has 0 aromatic heterocycles. The average molecular weight is 158 g/mol. The van der Waals surface area contributed by atoms with Crippen molar-refractivity contribution in [3.8, 4) is 0 Å². The Morgan fingerprint density at radius 3 is 2.40 bits per heavy atom. The summed E-state index contributed by atoms with van der Waals surface area (Å²) in [7, 11) is 1.89. The van der Waals surface area contributed by atoms with Gasteiger partial charge in [-0.05, 0) is 12.2 Å². The zero-order valence-electron chi connectivity index (χ0n) is 6.13. The van der Waals surface area contributed by atoms with Crippen LogP contribution in [0.15, 0.2) is 0 Å². The van der Waals surface area contributed by atoms with Gasteiger partial charge in [-0.15, -0.1) is 0 Å². The largest absolute Gasteiger partial charge is 0.350 e. The maximum atomic E-state index is 10.8. The van der Waals surface area contributed by atoms with Crippen LogP contribution in [0.4, 0.5) is 0 Å². The van der Waals surface area contributed by atoms with E-state index in [2.05, 4.69) is 0 Å². The van der Waals surface area contributed by atoms with Crippen molar-refractivity contribution in [2.24, 2.45) is 0 Å². The van der Waals surface area contributed by atoms with Crippen LogP contribution in [-0.2, 0) is 4.79 Å². The first-order chi connectivity index (χ1) is 4.63. The first-order valence-corrected chi connectivity index (χ1v) is 3.57. The van der Waals surface area contributed by atoms with E-state index in [1.54, 1.807) is 4.90 Å². The van der Waals surface area contributed by atoms with E-state index in [4.69, 9.17) is 12.2 Å². The fraction of sp³-hybridized carbons (Fsp3) is 0.667. The minimum Gasteiger partial charge on any atom is -0.350 e. The molecule has 4 heteroatoms. The maximum absolute atomic E-state index is 10.8. The number of amides is 1. The molecule has 1 aliphatic rings. The van der Waals surface area contributed by atoms with Crippen molar-refractivity contribution < 1.29 is 4.79 Å². The summed E-state index contributed by atoms with van der Waals surface area (Å²) in [5, 5.41) is 0.646. The Hall–Kier alpha value is -0.640. The molecule has 0 aromatic rings. The number of carbonyl (C=O) groups is 1. The lowest BCUT2D eigenvalue weighted by Crippen LogP contribution is -2.32. The van der Waals surface area contributed by atoms with Crippen molar-refractivity contribution in [2.45, 2.75) is 6.92 Å². The number of likely N-dealkylation sites (N-methyl/N-ethyl adjacent to an activating group) is 1. The second-order valence-electron chi connectivity index (χ2n) is 2.37. The van der Waals surface area contributed by atoms with E-state index >= 15 is 0 Å². The van der Waals surface area contributed by atoms with Gasteiger partial charge in [0.1, 0.15) is 0 Å². The van der Waals surface area contributed by atoms with E-state index in [-0.39, 0.29) is 5.91 Å². The third-order valence-corrected chi connectivity index (χ3v) is 2.13. The molecule has 1 amide bonds. The molecule has 0 atom stereocenters. The van der Waals surface area contributed by atoms with Gasteiger partial charge in [0.25, 0.3) is 0 Å². The quantitative estimate of drug-likeness (QED) is 0.466. The molecule has 0 bridgehead atoms. The van der Waals surface area contributed by atoms with Crippen LogP contribution < -0.4 is 0 Å². The minimum atomic E-state index is 0.0364. The summed E-state index contributed by atoms with van der Waals surface area (Å²) < 4.78 is 0. The van der Waals surface area contributed by atoms with Crippen LogP contribution in [0.1, 0.15) is 6.92 Å². The van der Waals surface area contributed by atoms with Crippen molar-refractivity contribution in [3.63, 3.8) is 0 Å². The molecule has 0 radical (unpaired) electrons. The number of carbonyl (C=O) groups excluding carboxylic acids is 1. The SMILES string of the molecule is CC(=O)N1CCN(C)C1=S. The minimum absolute atomic E-state index is 0.0364. The summed E-state index contributed by atoms with van der Waals surface area (Å²) in [5.74, 6) is 0.0364. The van der Waals surface area contributed by atoms with E-state index in [0.29, 0.717) is 5.11 Å². The summed E-state index contributed by atoms with van der Waals surface area (Å²) in [6, 6.07) is 0. The topological polar surface area (TPSA) is 23.6 Å². The number of hydrogen-bond acceptors (Lipinski definition) is 2. The molecule has 0 saturated carbocycles. The molecule has 1 saturated heterocycles. The van der Waals surface area contributed by atoms with Gasteiger partial charge in [0.2, 0.25) is 5.91 Å². The molecular weight excluding hydrogens is 148 g/mol. The number of rotatable bonds is 0. The number of nitrogens with zero attached hydrogens (tertiary/aromatic N) is 2. The van der Waals surface area contributed by atoms with E-state index in [9.17, 15) is 4.79 Å². The van der Waals surface area contributed by atoms with Crippen molar-refractivity contribution in [1.29, 1.82) is 0 Å². The van der Waals surface area contributed by atoms with Gasteiger partial charge in [0, 0.05) is 27.1 Å². The molecule has 0 N–H and O–H groups in total. The summed E-state index contributed by atoms with van der Waals surface area (Å²) in [4.78, 5) is 14.3. The molecule has 3 nitrogen and oxygen atoms in total. The highest BCUT2D eigenvalue weighted by Crippen LogP contribution is 2.05. The summed E-state index contributed by atoms with van der Waals surface area (Å²) in [5.41, 5.74) is 0. The number of thiocarbonyl (C=S) groups is 1. The van der Waals surface area contributed by atoms with Crippen LogP contribution >= 0.6 is 12.2 Å². The Morgan fingerprint density at radius 1 is 1.60 bits per heavy atom. The Balaban J connectivity index is 2.66. The predicted octanol–water partition coefficient (Wildman–Crippen LogP) is 0.0652. The van der Waals surface area contributed by atoms with Gasteiger partial charge in [0.15, 0.2) is 5.11 Å². The van der Waals surface area contributed by atoms with Crippen LogP contribution in [-0.4, -0.2) is 41.0 Å². The highest BCUT2D eigenvalue weighted by atomic mass is 32.1. The molecular formula is C6H10N2OS. The monoisotopic (exact) mass is 158 g/mol. The summed E-state index contributed by atoms with van der Waals surface area (Å²) >= 11 is 4.97. The fourth-order valence-electron chi connectivity index (χ4n) is 0.939. The van der Waals surface area contributed by atoms with Gasteiger partial charge in [-0.2, -0.15) is 0 Å². The Morgan fingerprint density at radius 2 is 2.20 bits per heavy atom. The van der Waals surface area contributed by atoms with Gasteiger partial charge in [-0.3, -0.25) is 9.69 Å². The molecule has 56 valence electrons. The molecule has 1 aliphatic heterocycles. The second-order valence-corrected chi connectivity index (χ2v) is 2.74. The molecule has 0 aromatic carbocycles. The van der Waals surface area contributed by atoms with Gasteiger partial charge < -0.3 is 4.90 Å². The lowest BCUT2D eigenvalue weighted by Gasteiger charge is -2.14. The van der Waals surface area contributed by atoms with Crippen LogP contribution in [0.2, 0.25) is 0 Å². The first kappa shape index (κ1) is 7.47. The Labute approximate surface area is 65.6 Å².